The van der Waals surface area contributed by atoms with Gasteiger partial charge in [-0.2, -0.15) is 5.10 Å². The molecule has 10 heteroatoms. The van der Waals surface area contributed by atoms with E-state index in [0.29, 0.717) is 26.7 Å². The molecular weight excluding hydrogens is 428 g/mol. The lowest BCUT2D eigenvalue weighted by Crippen LogP contribution is -2.35. The zero-order valence-corrected chi connectivity index (χ0v) is 19.7. The van der Waals surface area contributed by atoms with Crippen molar-refractivity contribution in [3.63, 3.8) is 0 Å². The van der Waals surface area contributed by atoms with Crippen LogP contribution in [0.4, 0.5) is 0 Å². The van der Waals surface area contributed by atoms with E-state index in [4.69, 9.17) is 0 Å². The Bertz CT molecular complexity index is 1260. The van der Waals surface area contributed by atoms with Gasteiger partial charge in [0.05, 0.1) is 26.7 Å². The molecule has 0 atom stereocenters. The number of rotatable bonds is 6. The van der Waals surface area contributed by atoms with Crippen molar-refractivity contribution in [1.29, 1.82) is 0 Å². The molecule has 0 aliphatic carbocycles. The number of hydrazine groups is 1. The third-order valence-electron chi connectivity index (χ3n) is 4.89. The first kappa shape index (κ1) is 23.2. The second-order valence-corrected chi connectivity index (χ2v) is 8.74. The molecule has 0 aliphatic rings. The number of benzene rings is 1. The Balaban J connectivity index is 1.79. The number of amides is 2. The van der Waals surface area contributed by atoms with Gasteiger partial charge in [0.15, 0.2) is 0 Å². The van der Waals surface area contributed by atoms with E-state index in [2.05, 4.69) is 21.1 Å². The fourth-order valence-corrected chi connectivity index (χ4v) is 3.89. The summed E-state index contributed by atoms with van der Waals surface area (Å²) in [5.41, 5.74) is 9.19. The molecule has 0 saturated carbocycles. The van der Waals surface area contributed by atoms with Gasteiger partial charge in [-0.1, -0.05) is 6.07 Å². The van der Waals surface area contributed by atoms with E-state index in [1.165, 1.54) is 9.69 Å². The minimum atomic E-state index is -0.457. The van der Waals surface area contributed by atoms with Crippen LogP contribution in [0.1, 0.15) is 48.7 Å². The quantitative estimate of drug-likeness (QED) is 0.392. The van der Waals surface area contributed by atoms with E-state index in [-0.39, 0.29) is 11.5 Å². The summed E-state index contributed by atoms with van der Waals surface area (Å²) < 4.78 is 1.47. The summed E-state index contributed by atoms with van der Waals surface area (Å²) in [5, 5.41) is 8.71. The Labute approximate surface area is 189 Å². The highest BCUT2D eigenvalue weighted by Gasteiger charge is 2.17. The monoisotopic (exact) mass is 454 g/mol. The second kappa shape index (κ2) is 9.33. The summed E-state index contributed by atoms with van der Waals surface area (Å²) in [6, 6.07) is 8.91. The average molecular weight is 455 g/mol. The molecule has 1 aromatic carbocycles. The molecular formula is C22H26N6O3S. The van der Waals surface area contributed by atoms with Crippen LogP contribution in [-0.4, -0.2) is 46.4 Å². The van der Waals surface area contributed by atoms with E-state index in [9.17, 15) is 14.4 Å². The van der Waals surface area contributed by atoms with Crippen LogP contribution in [0.2, 0.25) is 0 Å². The van der Waals surface area contributed by atoms with Gasteiger partial charge in [-0.15, -0.1) is 11.3 Å². The number of carbonyl (C=O) groups excluding carboxylic acids is 2. The Morgan fingerprint density at radius 3 is 2.31 bits per heavy atom. The number of H-pyrrole nitrogens is 1. The van der Waals surface area contributed by atoms with Gasteiger partial charge in [-0.05, 0) is 63.1 Å². The van der Waals surface area contributed by atoms with Crippen molar-refractivity contribution < 1.29 is 9.59 Å². The Morgan fingerprint density at radius 1 is 1.03 bits per heavy atom. The van der Waals surface area contributed by atoms with Crippen LogP contribution >= 0.6 is 11.3 Å². The molecule has 0 spiro atoms. The molecule has 3 rings (SSSR count). The molecule has 3 aromatic rings. The fourth-order valence-electron chi connectivity index (χ4n) is 3.10. The molecule has 0 unspecified atom stereocenters. The highest BCUT2D eigenvalue weighted by atomic mass is 32.1. The summed E-state index contributed by atoms with van der Waals surface area (Å²) >= 11 is 1.06. The van der Waals surface area contributed by atoms with Gasteiger partial charge >= 0.3 is 0 Å². The molecule has 0 saturated heterocycles. The van der Waals surface area contributed by atoms with E-state index in [0.717, 1.165) is 28.2 Å². The van der Waals surface area contributed by atoms with E-state index in [1.807, 2.05) is 32.0 Å². The largest absolute Gasteiger partial charge is 0.295 e. The molecule has 2 amide bonds. The summed E-state index contributed by atoms with van der Waals surface area (Å²) in [7, 11) is 3.40. The van der Waals surface area contributed by atoms with Gasteiger partial charge in [-0.3, -0.25) is 24.9 Å². The number of nitrogens with zero attached hydrogens (tertiary/aromatic N) is 3. The van der Waals surface area contributed by atoms with Crippen molar-refractivity contribution in [2.45, 2.75) is 27.7 Å². The van der Waals surface area contributed by atoms with Gasteiger partial charge in [-0.25, -0.2) is 15.1 Å². The number of nitrogens with one attached hydrogen (secondary N) is 3. The maximum absolute atomic E-state index is 13.0. The zero-order valence-electron chi connectivity index (χ0n) is 18.9. The van der Waals surface area contributed by atoms with Crippen LogP contribution in [0.15, 0.2) is 40.2 Å². The van der Waals surface area contributed by atoms with E-state index < -0.39 is 5.91 Å². The van der Waals surface area contributed by atoms with Crippen LogP contribution in [0.3, 0.4) is 0 Å². The molecule has 0 bridgehead atoms. The summed E-state index contributed by atoms with van der Waals surface area (Å²) in [5.74, 6) is -0.755. The number of carbonyl (C=O) groups is 2. The topological polar surface area (TPSA) is 112 Å². The lowest BCUT2D eigenvalue weighted by Gasteiger charge is -2.09. The van der Waals surface area contributed by atoms with E-state index in [1.54, 1.807) is 40.1 Å². The summed E-state index contributed by atoms with van der Waals surface area (Å²) in [4.78, 5) is 38.2. The van der Waals surface area contributed by atoms with Crippen LogP contribution in [0, 0.1) is 20.8 Å². The maximum Gasteiger partial charge on any atom is 0.281 e. The number of hydrazone groups is 1. The van der Waals surface area contributed by atoms with Gasteiger partial charge in [0.1, 0.15) is 0 Å². The Hall–Kier alpha value is -3.50. The number of hydrogen-bond donors (Lipinski definition) is 3. The predicted molar refractivity (Wildman–Crippen MR) is 126 cm³/mol. The smallest absolute Gasteiger partial charge is 0.281 e. The SMILES string of the molecule is CC(=NNC(=O)c1ccc(C(=O)NN(C)C)s1)c1c(C)[nH]n(-c2ccc(C)c(C)c2)c1=O. The lowest BCUT2D eigenvalue weighted by atomic mass is 10.1. The number of aromatic amines is 1. The third kappa shape index (κ3) is 4.87. The van der Waals surface area contributed by atoms with Gasteiger partial charge in [0.2, 0.25) is 0 Å². The number of hydrogen-bond acceptors (Lipinski definition) is 6. The molecule has 32 heavy (non-hydrogen) atoms. The van der Waals surface area contributed by atoms with Crippen LogP contribution < -0.4 is 16.4 Å². The molecule has 2 aromatic heterocycles. The molecule has 9 nitrogen and oxygen atoms in total. The average Bonchev–Trinajstić information content (AvgIpc) is 3.33. The maximum atomic E-state index is 13.0. The van der Waals surface area contributed by atoms with Crippen molar-refractivity contribution in [2.24, 2.45) is 5.10 Å². The standard InChI is InChI=1S/C22H26N6O3S/c1-12-7-8-16(11-13(12)2)28-22(31)19(15(4)25-28)14(3)23-24-20(29)17-9-10-18(32-17)21(30)26-27(5)6/h7-11,25H,1-6H3,(H,24,29)(H,26,30). The van der Waals surface area contributed by atoms with Crippen molar-refractivity contribution in [1.82, 2.24) is 25.6 Å². The highest BCUT2D eigenvalue weighted by molar-refractivity contribution is 7.15. The summed E-state index contributed by atoms with van der Waals surface area (Å²) in [6.07, 6.45) is 0. The van der Waals surface area contributed by atoms with Crippen molar-refractivity contribution in [3.8, 4) is 5.69 Å². The molecule has 0 radical (unpaired) electrons. The fraction of sp³-hybridized carbons (Fsp3) is 0.273. The predicted octanol–water partition coefficient (Wildman–Crippen LogP) is 2.51. The minimum absolute atomic E-state index is 0.250. The Kier molecular flexibility index (Phi) is 6.75. The van der Waals surface area contributed by atoms with Gasteiger partial charge in [0, 0.05) is 19.8 Å². The molecule has 3 N–H and O–H groups in total. The van der Waals surface area contributed by atoms with Crippen molar-refractivity contribution in [3.05, 3.63) is 72.8 Å². The second-order valence-electron chi connectivity index (χ2n) is 7.66. The first-order chi connectivity index (χ1) is 15.1. The number of aryl methyl sites for hydroxylation is 3. The molecule has 0 aliphatic heterocycles. The third-order valence-corrected chi connectivity index (χ3v) is 5.97. The number of thiophene rings is 1. The zero-order chi connectivity index (χ0) is 23.6. The van der Waals surface area contributed by atoms with Gasteiger partial charge in [0.25, 0.3) is 17.4 Å². The highest BCUT2D eigenvalue weighted by Crippen LogP contribution is 2.17. The minimum Gasteiger partial charge on any atom is -0.295 e. The normalized spacial score (nSPS) is 11.7. The van der Waals surface area contributed by atoms with Crippen molar-refractivity contribution in [2.75, 3.05) is 14.1 Å². The van der Waals surface area contributed by atoms with Crippen LogP contribution in [-0.2, 0) is 0 Å². The first-order valence-electron chi connectivity index (χ1n) is 9.91. The first-order valence-corrected chi connectivity index (χ1v) is 10.7. The molecule has 0 fully saturated rings. The number of aromatic nitrogens is 2. The van der Waals surface area contributed by atoms with E-state index >= 15 is 0 Å². The van der Waals surface area contributed by atoms with Gasteiger partial charge < -0.3 is 0 Å². The van der Waals surface area contributed by atoms with Crippen LogP contribution in [0.25, 0.3) is 5.69 Å². The lowest BCUT2D eigenvalue weighted by molar-refractivity contribution is 0.0861. The van der Waals surface area contributed by atoms with Crippen molar-refractivity contribution >= 4 is 28.9 Å². The molecule has 2 heterocycles. The van der Waals surface area contributed by atoms with Crippen LogP contribution in [0.5, 0.6) is 0 Å². The summed E-state index contributed by atoms with van der Waals surface area (Å²) in [6.45, 7) is 7.44. The Morgan fingerprint density at radius 2 is 1.69 bits per heavy atom. The molecule has 168 valence electrons.